The first-order valence-electron chi connectivity index (χ1n) is 10.5. The maximum atomic E-state index is 12.9. The maximum absolute atomic E-state index is 12.9. The number of nitrogens with zero attached hydrogens (tertiary/aromatic N) is 5. The van der Waals surface area contributed by atoms with Crippen LogP contribution in [0.25, 0.3) is 0 Å². The highest BCUT2D eigenvalue weighted by molar-refractivity contribution is 5.94. The number of hydrogen-bond acceptors (Lipinski definition) is 4. The third-order valence-electron chi connectivity index (χ3n) is 6.31. The van der Waals surface area contributed by atoms with Gasteiger partial charge in [-0.15, -0.1) is 0 Å². The van der Waals surface area contributed by atoms with Gasteiger partial charge >= 0.3 is 6.03 Å². The maximum Gasteiger partial charge on any atom is 0.326 e. The highest BCUT2D eigenvalue weighted by atomic mass is 16.2. The number of pyridine rings is 2. The fraction of sp³-hybridized carbons (Fsp3) is 0.455. The molecule has 5 rings (SSSR count). The summed E-state index contributed by atoms with van der Waals surface area (Å²) in [5, 5.41) is 0. The smallest absolute Gasteiger partial charge is 0.326 e. The van der Waals surface area contributed by atoms with E-state index in [1.807, 2.05) is 26.8 Å². The predicted molar refractivity (Wildman–Crippen MR) is 109 cm³/mol. The van der Waals surface area contributed by atoms with Gasteiger partial charge in [-0.25, -0.2) is 9.78 Å². The van der Waals surface area contributed by atoms with Gasteiger partial charge in [-0.3, -0.25) is 14.7 Å². The summed E-state index contributed by atoms with van der Waals surface area (Å²) in [6.07, 6.45) is 8.66. The molecule has 4 heterocycles. The van der Waals surface area contributed by atoms with Crippen LogP contribution in [-0.2, 0) is 13.0 Å². The van der Waals surface area contributed by atoms with Crippen LogP contribution in [0.2, 0.25) is 0 Å². The molecule has 2 aromatic rings. The molecule has 0 unspecified atom stereocenters. The Morgan fingerprint density at radius 2 is 1.93 bits per heavy atom. The second kappa shape index (κ2) is 7.46. The van der Waals surface area contributed by atoms with Crippen LogP contribution >= 0.6 is 0 Å². The number of aromatic nitrogens is 2. The Hall–Kier alpha value is -2.96. The van der Waals surface area contributed by atoms with E-state index in [0.29, 0.717) is 37.7 Å². The van der Waals surface area contributed by atoms with E-state index < -0.39 is 0 Å². The zero-order valence-electron chi connectivity index (χ0n) is 16.5. The fourth-order valence-corrected chi connectivity index (χ4v) is 4.72. The lowest BCUT2D eigenvalue weighted by Crippen LogP contribution is -2.39. The van der Waals surface area contributed by atoms with Crippen molar-refractivity contribution in [1.82, 2.24) is 19.8 Å². The van der Waals surface area contributed by atoms with Crippen LogP contribution in [0.3, 0.4) is 0 Å². The zero-order valence-corrected chi connectivity index (χ0v) is 16.5. The van der Waals surface area contributed by atoms with Gasteiger partial charge in [-0.2, -0.15) is 0 Å². The molecule has 3 aliphatic rings. The molecule has 7 nitrogen and oxygen atoms in total. The predicted octanol–water partition coefficient (Wildman–Crippen LogP) is 2.86. The van der Waals surface area contributed by atoms with Crippen LogP contribution in [0, 0.1) is 0 Å². The van der Waals surface area contributed by atoms with Crippen LogP contribution in [0.5, 0.6) is 0 Å². The van der Waals surface area contributed by atoms with Crippen molar-refractivity contribution in [2.45, 2.75) is 44.7 Å². The van der Waals surface area contributed by atoms with E-state index >= 15 is 0 Å². The summed E-state index contributed by atoms with van der Waals surface area (Å²) in [4.78, 5) is 40.1. The molecule has 3 amide bonds. The Labute approximate surface area is 170 Å². The van der Waals surface area contributed by atoms with E-state index in [2.05, 4.69) is 4.98 Å². The first-order valence-corrected chi connectivity index (χ1v) is 10.5. The molecule has 0 aromatic carbocycles. The molecule has 0 atom stereocenters. The van der Waals surface area contributed by atoms with Crippen molar-refractivity contribution in [3.63, 3.8) is 0 Å². The Morgan fingerprint density at radius 1 is 1.07 bits per heavy atom. The van der Waals surface area contributed by atoms with E-state index in [1.54, 1.807) is 24.5 Å². The number of rotatable bonds is 3. The van der Waals surface area contributed by atoms with Gasteiger partial charge in [0, 0.05) is 56.7 Å². The van der Waals surface area contributed by atoms with Crippen molar-refractivity contribution >= 4 is 17.8 Å². The van der Waals surface area contributed by atoms with Crippen LogP contribution in [0.15, 0.2) is 36.7 Å². The highest BCUT2D eigenvalue weighted by Gasteiger charge is 2.36. The summed E-state index contributed by atoms with van der Waals surface area (Å²) in [7, 11) is 0. The van der Waals surface area contributed by atoms with Crippen LogP contribution in [-0.4, -0.2) is 57.4 Å². The van der Waals surface area contributed by atoms with Gasteiger partial charge in [0.25, 0.3) is 5.91 Å². The van der Waals surface area contributed by atoms with Gasteiger partial charge in [0.15, 0.2) is 0 Å². The molecule has 29 heavy (non-hydrogen) atoms. The Bertz CT molecular complexity index is 926. The second-order valence-electron chi connectivity index (χ2n) is 8.06. The fourth-order valence-electron chi connectivity index (χ4n) is 4.72. The molecule has 0 bridgehead atoms. The van der Waals surface area contributed by atoms with Crippen molar-refractivity contribution in [2.75, 3.05) is 24.5 Å². The molecule has 1 saturated heterocycles. The average molecular weight is 391 g/mol. The van der Waals surface area contributed by atoms with E-state index in [4.69, 9.17) is 4.98 Å². The summed E-state index contributed by atoms with van der Waals surface area (Å²) in [5.41, 5.74) is 2.65. The third-order valence-corrected chi connectivity index (χ3v) is 6.31. The molecule has 2 fully saturated rings. The third kappa shape index (κ3) is 3.34. The molecule has 1 aliphatic carbocycles. The van der Waals surface area contributed by atoms with E-state index in [9.17, 15) is 9.59 Å². The number of anilines is 1. The van der Waals surface area contributed by atoms with Gasteiger partial charge in [-0.05, 0) is 36.6 Å². The minimum atomic E-state index is -0.00486. The first kappa shape index (κ1) is 18.1. The van der Waals surface area contributed by atoms with E-state index in [-0.39, 0.29) is 11.9 Å². The SMILES string of the molecule is O=C(c1cccnc1)N1CCc2nc(N3CCN(C4CCCC4)C3=O)ccc2C1. The van der Waals surface area contributed by atoms with Crippen molar-refractivity contribution < 1.29 is 9.59 Å². The number of carbonyl (C=O) groups is 2. The summed E-state index contributed by atoms with van der Waals surface area (Å²) < 4.78 is 0. The second-order valence-corrected chi connectivity index (χ2v) is 8.06. The first-order chi connectivity index (χ1) is 14.2. The monoisotopic (exact) mass is 391 g/mol. The quantitative estimate of drug-likeness (QED) is 0.807. The lowest BCUT2D eigenvalue weighted by atomic mass is 10.0. The minimum Gasteiger partial charge on any atom is -0.334 e. The van der Waals surface area contributed by atoms with Crippen molar-refractivity contribution in [3.8, 4) is 0 Å². The summed E-state index contributed by atoms with van der Waals surface area (Å²) in [6.45, 7) is 2.65. The van der Waals surface area contributed by atoms with Gasteiger partial charge in [0.1, 0.15) is 5.82 Å². The van der Waals surface area contributed by atoms with E-state index in [1.165, 1.54) is 12.8 Å². The molecule has 150 valence electrons. The highest BCUT2D eigenvalue weighted by Crippen LogP contribution is 2.29. The minimum absolute atomic E-state index is 0.00486. The number of hydrogen-bond donors (Lipinski definition) is 0. The molecule has 0 spiro atoms. The number of fused-ring (bicyclic) bond motifs is 1. The van der Waals surface area contributed by atoms with Crippen molar-refractivity contribution in [3.05, 3.63) is 53.5 Å². The van der Waals surface area contributed by atoms with E-state index in [0.717, 1.165) is 36.5 Å². The van der Waals surface area contributed by atoms with Crippen LogP contribution in [0.4, 0.5) is 10.6 Å². The Morgan fingerprint density at radius 3 is 2.72 bits per heavy atom. The molecule has 1 saturated carbocycles. The van der Waals surface area contributed by atoms with Crippen LogP contribution < -0.4 is 4.90 Å². The van der Waals surface area contributed by atoms with Gasteiger partial charge in [0.2, 0.25) is 0 Å². The Kier molecular flexibility index (Phi) is 4.66. The number of amides is 3. The average Bonchev–Trinajstić information content (AvgIpc) is 3.43. The van der Waals surface area contributed by atoms with Gasteiger partial charge in [-0.1, -0.05) is 18.9 Å². The van der Waals surface area contributed by atoms with Crippen molar-refractivity contribution in [2.24, 2.45) is 0 Å². The molecule has 0 radical (unpaired) electrons. The van der Waals surface area contributed by atoms with Gasteiger partial charge in [0.05, 0.1) is 5.56 Å². The lowest BCUT2D eigenvalue weighted by molar-refractivity contribution is 0.0733. The molecule has 2 aromatic heterocycles. The number of carbonyl (C=O) groups excluding carboxylic acids is 2. The molecular weight excluding hydrogens is 366 g/mol. The summed E-state index contributed by atoms with van der Waals surface area (Å²) in [5.74, 6) is 0.732. The summed E-state index contributed by atoms with van der Waals surface area (Å²) >= 11 is 0. The lowest BCUT2D eigenvalue weighted by Gasteiger charge is -2.29. The topological polar surface area (TPSA) is 69.6 Å². The Balaban J connectivity index is 1.30. The molecule has 0 N–H and O–H groups in total. The molecular formula is C22H25N5O2. The van der Waals surface area contributed by atoms with Gasteiger partial charge < -0.3 is 9.80 Å². The molecule has 2 aliphatic heterocycles. The number of urea groups is 1. The largest absolute Gasteiger partial charge is 0.334 e. The summed E-state index contributed by atoms with van der Waals surface area (Å²) in [6, 6.07) is 8.01. The normalized spacial score (nSPS) is 19.7. The van der Waals surface area contributed by atoms with Crippen molar-refractivity contribution in [1.29, 1.82) is 0 Å². The van der Waals surface area contributed by atoms with Crippen LogP contribution in [0.1, 0.15) is 47.3 Å². The standard InChI is InChI=1S/C22H25N5O2/c28-21(16-4-3-10-23-14-16)25-11-9-19-17(15-25)7-8-20(24-19)27-13-12-26(22(27)29)18-5-1-2-6-18/h3-4,7-8,10,14,18H,1-2,5-6,9,11-13,15H2. The molecule has 7 heteroatoms. The zero-order chi connectivity index (χ0) is 19.8.